The third-order valence-electron chi connectivity index (χ3n) is 4.56. The SMILES string of the molecule is CCNC(=O)C1CCN(C(C)C(=O)Nc2ccc(C)cc2F)CC1. The monoisotopic (exact) mass is 335 g/mol. The summed E-state index contributed by atoms with van der Waals surface area (Å²) in [5, 5.41) is 5.50. The number of carbonyl (C=O) groups excluding carboxylic acids is 2. The molecule has 1 aliphatic rings. The maximum atomic E-state index is 13.9. The highest BCUT2D eigenvalue weighted by molar-refractivity contribution is 5.94. The number of likely N-dealkylation sites (tertiary alicyclic amines) is 1. The Morgan fingerprint density at radius 3 is 2.58 bits per heavy atom. The number of benzene rings is 1. The second-order valence-electron chi connectivity index (χ2n) is 6.35. The zero-order chi connectivity index (χ0) is 17.7. The minimum Gasteiger partial charge on any atom is -0.356 e. The highest BCUT2D eigenvalue weighted by atomic mass is 19.1. The summed E-state index contributed by atoms with van der Waals surface area (Å²) in [4.78, 5) is 26.3. The summed E-state index contributed by atoms with van der Waals surface area (Å²) in [5.41, 5.74) is 1.01. The molecule has 0 bridgehead atoms. The number of piperidine rings is 1. The normalized spacial score (nSPS) is 17.3. The summed E-state index contributed by atoms with van der Waals surface area (Å²) in [5.74, 6) is -0.540. The van der Waals surface area contributed by atoms with Gasteiger partial charge in [0.1, 0.15) is 5.82 Å². The van der Waals surface area contributed by atoms with Gasteiger partial charge < -0.3 is 10.6 Å². The Morgan fingerprint density at radius 2 is 2.00 bits per heavy atom. The van der Waals surface area contributed by atoms with Gasteiger partial charge in [-0.15, -0.1) is 0 Å². The van der Waals surface area contributed by atoms with Crippen molar-refractivity contribution in [2.24, 2.45) is 5.92 Å². The number of aryl methyl sites for hydroxylation is 1. The van der Waals surface area contributed by atoms with Crippen LogP contribution in [0, 0.1) is 18.7 Å². The molecule has 0 radical (unpaired) electrons. The largest absolute Gasteiger partial charge is 0.356 e. The van der Waals surface area contributed by atoms with E-state index in [2.05, 4.69) is 10.6 Å². The van der Waals surface area contributed by atoms with Gasteiger partial charge in [0.25, 0.3) is 0 Å². The maximum Gasteiger partial charge on any atom is 0.241 e. The number of anilines is 1. The van der Waals surface area contributed by atoms with E-state index in [-0.39, 0.29) is 29.5 Å². The molecule has 1 aliphatic heterocycles. The first-order valence-electron chi connectivity index (χ1n) is 8.51. The molecule has 132 valence electrons. The van der Waals surface area contributed by atoms with Gasteiger partial charge in [-0.2, -0.15) is 0 Å². The molecular weight excluding hydrogens is 309 g/mol. The Balaban J connectivity index is 1.89. The fourth-order valence-electron chi connectivity index (χ4n) is 2.99. The van der Waals surface area contributed by atoms with Gasteiger partial charge >= 0.3 is 0 Å². The summed E-state index contributed by atoms with van der Waals surface area (Å²) in [7, 11) is 0. The number of hydrogen-bond donors (Lipinski definition) is 2. The van der Waals surface area contributed by atoms with Crippen molar-refractivity contribution in [2.45, 2.75) is 39.7 Å². The number of hydrogen-bond acceptors (Lipinski definition) is 3. The molecular formula is C18H26FN3O2. The van der Waals surface area contributed by atoms with Crippen LogP contribution in [0.5, 0.6) is 0 Å². The van der Waals surface area contributed by atoms with E-state index in [0.29, 0.717) is 19.6 Å². The van der Waals surface area contributed by atoms with Crippen molar-refractivity contribution >= 4 is 17.5 Å². The Labute approximate surface area is 142 Å². The molecule has 24 heavy (non-hydrogen) atoms. The first-order chi connectivity index (χ1) is 11.4. The molecule has 5 nitrogen and oxygen atoms in total. The Hall–Kier alpha value is -1.95. The lowest BCUT2D eigenvalue weighted by Crippen LogP contribution is -2.48. The lowest BCUT2D eigenvalue weighted by Gasteiger charge is -2.34. The predicted octanol–water partition coefficient (Wildman–Crippen LogP) is 2.31. The summed E-state index contributed by atoms with van der Waals surface area (Å²) >= 11 is 0. The van der Waals surface area contributed by atoms with E-state index in [1.165, 1.54) is 6.07 Å². The fraction of sp³-hybridized carbons (Fsp3) is 0.556. The minimum absolute atomic E-state index is 0.0194. The number of carbonyl (C=O) groups is 2. The van der Waals surface area contributed by atoms with Gasteiger partial charge in [0.05, 0.1) is 11.7 Å². The first-order valence-corrected chi connectivity index (χ1v) is 8.51. The summed E-state index contributed by atoms with van der Waals surface area (Å²) in [6.07, 6.45) is 1.48. The molecule has 1 atom stereocenters. The molecule has 1 saturated heterocycles. The van der Waals surface area contributed by atoms with E-state index in [4.69, 9.17) is 0 Å². The average molecular weight is 335 g/mol. The van der Waals surface area contributed by atoms with E-state index in [0.717, 1.165) is 18.4 Å². The van der Waals surface area contributed by atoms with E-state index >= 15 is 0 Å². The van der Waals surface area contributed by atoms with Gasteiger partial charge in [-0.1, -0.05) is 6.07 Å². The molecule has 1 heterocycles. The zero-order valence-corrected chi connectivity index (χ0v) is 14.6. The van der Waals surface area contributed by atoms with Crippen LogP contribution in [0.25, 0.3) is 0 Å². The molecule has 2 N–H and O–H groups in total. The third kappa shape index (κ3) is 4.54. The maximum absolute atomic E-state index is 13.9. The van der Waals surface area contributed by atoms with Crippen LogP contribution in [0.3, 0.4) is 0 Å². The van der Waals surface area contributed by atoms with Crippen LogP contribution >= 0.6 is 0 Å². The Bertz CT molecular complexity index is 598. The second kappa shape index (κ2) is 8.24. The van der Waals surface area contributed by atoms with Crippen LogP contribution in [0.2, 0.25) is 0 Å². The third-order valence-corrected chi connectivity index (χ3v) is 4.56. The second-order valence-corrected chi connectivity index (χ2v) is 6.35. The average Bonchev–Trinajstić information content (AvgIpc) is 2.57. The highest BCUT2D eigenvalue weighted by Gasteiger charge is 2.29. The van der Waals surface area contributed by atoms with Crippen LogP contribution in [-0.2, 0) is 9.59 Å². The van der Waals surface area contributed by atoms with E-state index < -0.39 is 5.82 Å². The smallest absolute Gasteiger partial charge is 0.241 e. The van der Waals surface area contributed by atoms with E-state index in [1.54, 1.807) is 19.1 Å². The van der Waals surface area contributed by atoms with Crippen molar-refractivity contribution in [3.63, 3.8) is 0 Å². The van der Waals surface area contributed by atoms with Crippen LogP contribution in [-0.4, -0.2) is 42.4 Å². The Morgan fingerprint density at radius 1 is 1.33 bits per heavy atom. The van der Waals surface area contributed by atoms with Crippen LogP contribution in [0.4, 0.5) is 10.1 Å². The molecule has 0 saturated carbocycles. The lowest BCUT2D eigenvalue weighted by molar-refractivity contribution is -0.127. The van der Waals surface area contributed by atoms with Crippen molar-refractivity contribution in [2.75, 3.05) is 25.0 Å². The van der Waals surface area contributed by atoms with Crippen molar-refractivity contribution in [1.82, 2.24) is 10.2 Å². The molecule has 1 unspecified atom stereocenters. The van der Waals surface area contributed by atoms with Gasteiger partial charge in [0.15, 0.2) is 0 Å². The van der Waals surface area contributed by atoms with Crippen molar-refractivity contribution < 1.29 is 14.0 Å². The Kier molecular flexibility index (Phi) is 6.31. The summed E-state index contributed by atoms with van der Waals surface area (Å²) in [6.45, 7) is 7.53. The molecule has 0 aromatic heterocycles. The van der Waals surface area contributed by atoms with Crippen molar-refractivity contribution in [3.8, 4) is 0 Å². The van der Waals surface area contributed by atoms with Gasteiger partial charge in [-0.05, 0) is 64.4 Å². The van der Waals surface area contributed by atoms with Gasteiger partial charge in [0, 0.05) is 12.5 Å². The molecule has 2 amide bonds. The standard InChI is InChI=1S/C18H26FN3O2/c1-4-20-18(24)14-7-9-22(10-8-14)13(3)17(23)21-16-6-5-12(2)11-15(16)19/h5-6,11,13-14H,4,7-10H2,1-3H3,(H,20,24)(H,21,23). The first kappa shape index (κ1) is 18.4. The van der Waals surface area contributed by atoms with Crippen LogP contribution in [0.15, 0.2) is 18.2 Å². The van der Waals surface area contributed by atoms with Crippen LogP contribution in [0.1, 0.15) is 32.3 Å². The van der Waals surface area contributed by atoms with E-state index in [9.17, 15) is 14.0 Å². The molecule has 1 aromatic rings. The predicted molar refractivity (Wildman–Crippen MR) is 92.2 cm³/mol. The molecule has 0 aliphatic carbocycles. The summed E-state index contributed by atoms with van der Waals surface area (Å²) < 4.78 is 13.9. The number of halogens is 1. The quantitative estimate of drug-likeness (QED) is 0.868. The fourth-order valence-corrected chi connectivity index (χ4v) is 2.99. The highest BCUT2D eigenvalue weighted by Crippen LogP contribution is 2.21. The number of rotatable bonds is 5. The number of nitrogens with zero attached hydrogens (tertiary/aromatic N) is 1. The number of amides is 2. The van der Waals surface area contributed by atoms with Crippen LogP contribution < -0.4 is 10.6 Å². The molecule has 2 rings (SSSR count). The van der Waals surface area contributed by atoms with Crippen molar-refractivity contribution in [1.29, 1.82) is 0 Å². The molecule has 6 heteroatoms. The van der Waals surface area contributed by atoms with Crippen molar-refractivity contribution in [3.05, 3.63) is 29.6 Å². The molecule has 1 aromatic carbocycles. The van der Waals surface area contributed by atoms with E-state index in [1.807, 2.05) is 18.7 Å². The topological polar surface area (TPSA) is 61.4 Å². The molecule has 1 fully saturated rings. The molecule has 0 spiro atoms. The summed E-state index contributed by atoms with van der Waals surface area (Å²) in [6, 6.07) is 4.39. The van der Waals surface area contributed by atoms with Gasteiger partial charge in [0.2, 0.25) is 11.8 Å². The minimum atomic E-state index is -0.425. The zero-order valence-electron chi connectivity index (χ0n) is 14.6. The van der Waals surface area contributed by atoms with Gasteiger partial charge in [-0.3, -0.25) is 14.5 Å². The van der Waals surface area contributed by atoms with Gasteiger partial charge in [-0.25, -0.2) is 4.39 Å². The lowest BCUT2D eigenvalue weighted by atomic mass is 9.95. The number of nitrogens with one attached hydrogen (secondary N) is 2.